The smallest absolute Gasteiger partial charge is 0.410 e. The molecule has 0 spiro atoms. The summed E-state index contributed by atoms with van der Waals surface area (Å²) in [5.41, 5.74) is -0.178. The van der Waals surface area contributed by atoms with Crippen LogP contribution in [0.3, 0.4) is 0 Å². The lowest BCUT2D eigenvalue weighted by atomic mass is 9.92. The maximum Gasteiger partial charge on any atom is 0.410 e. The topological polar surface area (TPSA) is 59.0 Å². The normalized spacial score (nSPS) is 15.3. The van der Waals surface area contributed by atoms with Crippen LogP contribution in [-0.2, 0) is 11.2 Å². The zero-order chi connectivity index (χ0) is 22.1. The molecule has 1 fully saturated rings. The van der Waals surface area contributed by atoms with E-state index in [0.29, 0.717) is 50.4 Å². The van der Waals surface area contributed by atoms with E-state index in [1.54, 1.807) is 4.90 Å². The van der Waals surface area contributed by atoms with Crippen molar-refractivity contribution in [3.05, 3.63) is 29.3 Å². The number of carbonyl (C=O) groups excluding carboxylic acids is 1. The van der Waals surface area contributed by atoms with Gasteiger partial charge < -0.3 is 19.5 Å². The van der Waals surface area contributed by atoms with E-state index in [1.807, 2.05) is 20.8 Å². The highest BCUT2D eigenvalue weighted by Crippen LogP contribution is 2.25. The molecule has 1 heterocycles. The summed E-state index contributed by atoms with van der Waals surface area (Å²) in [5.74, 6) is -0.596. The SMILES string of the molecule is CC(C)(C)OC(=O)N1CCC(CCCOc2cc(F)c(CCCCO)cc2F)CC1. The fourth-order valence-corrected chi connectivity index (χ4v) is 3.58. The van der Waals surface area contributed by atoms with Crippen LogP contribution in [0.1, 0.15) is 64.9 Å². The summed E-state index contributed by atoms with van der Waals surface area (Å²) < 4.78 is 39.1. The zero-order valence-electron chi connectivity index (χ0n) is 18.4. The molecule has 1 aliphatic heterocycles. The lowest BCUT2D eigenvalue weighted by Crippen LogP contribution is -2.41. The third kappa shape index (κ3) is 8.09. The van der Waals surface area contributed by atoms with Gasteiger partial charge in [-0.25, -0.2) is 13.6 Å². The Morgan fingerprint density at radius 1 is 1.13 bits per heavy atom. The fraction of sp³-hybridized carbons (Fsp3) is 0.696. The summed E-state index contributed by atoms with van der Waals surface area (Å²) in [6.07, 6.45) is 4.79. The molecular weight excluding hydrogens is 392 g/mol. The maximum absolute atomic E-state index is 14.2. The molecule has 0 unspecified atom stereocenters. The van der Waals surface area contributed by atoms with E-state index in [1.165, 1.54) is 6.07 Å². The molecule has 1 aliphatic rings. The number of amides is 1. The average molecular weight is 428 g/mol. The second-order valence-corrected chi connectivity index (χ2v) is 8.96. The fourth-order valence-electron chi connectivity index (χ4n) is 3.58. The van der Waals surface area contributed by atoms with Crippen LogP contribution in [0.2, 0.25) is 0 Å². The van der Waals surface area contributed by atoms with Crippen LogP contribution in [0, 0.1) is 17.6 Å². The van der Waals surface area contributed by atoms with E-state index in [-0.39, 0.29) is 18.4 Å². The first-order chi connectivity index (χ1) is 14.2. The van der Waals surface area contributed by atoms with Gasteiger partial charge in [-0.2, -0.15) is 0 Å². The number of aliphatic hydroxyl groups is 1. The Hall–Kier alpha value is -1.89. The minimum absolute atomic E-state index is 0.0469. The van der Waals surface area contributed by atoms with Crippen LogP contribution in [-0.4, -0.2) is 48.0 Å². The number of ether oxygens (including phenoxy) is 2. The second kappa shape index (κ2) is 11.5. The molecule has 0 radical (unpaired) electrons. The molecule has 5 nitrogen and oxygen atoms in total. The molecule has 0 aliphatic carbocycles. The Bertz CT molecular complexity index is 683. The molecule has 1 amide bonds. The molecule has 1 N–H and O–H groups in total. The van der Waals surface area contributed by atoms with Crippen molar-refractivity contribution in [2.75, 3.05) is 26.3 Å². The minimum Gasteiger partial charge on any atom is -0.490 e. The van der Waals surface area contributed by atoms with Crippen molar-refractivity contribution in [2.24, 2.45) is 5.92 Å². The van der Waals surface area contributed by atoms with Crippen molar-refractivity contribution in [3.63, 3.8) is 0 Å². The first-order valence-corrected chi connectivity index (χ1v) is 10.9. The Morgan fingerprint density at radius 3 is 2.47 bits per heavy atom. The van der Waals surface area contributed by atoms with E-state index in [0.717, 1.165) is 31.7 Å². The van der Waals surface area contributed by atoms with Crippen LogP contribution in [0.4, 0.5) is 13.6 Å². The average Bonchev–Trinajstić information content (AvgIpc) is 2.67. The third-order valence-corrected chi connectivity index (χ3v) is 5.24. The van der Waals surface area contributed by atoms with Crippen molar-refractivity contribution in [2.45, 2.75) is 71.3 Å². The molecule has 30 heavy (non-hydrogen) atoms. The first-order valence-electron chi connectivity index (χ1n) is 10.9. The molecule has 0 bridgehead atoms. The number of benzene rings is 1. The predicted octanol–water partition coefficient (Wildman–Crippen LogP) is 5.09. The molecule has 0 atom stereocenters. The number of hydrogen-bond acceptors (Lipinski definition) is 4. The summed E-state index contributed by atoms with van der Waals surface area (Å²) in [6, 6.07) is 2.30. The molecule has 1 saturated heterocycles. The monoisotopic (exact) mass is 427 g/mol. The summed E-state index contributed by atoms with van der Waals surface area (Å²) in [7, 11) is 0. The van der Waals surface area contributed by atoms with Gasteiger partial charge in [-0.3, -0.25) is 0 Å². The molecule has 1 aromatic rings. The predicted molar refractivity (Wildman–Crippen MR) is 112 cm³/mol. The Balaban J connectivity index is 1.69. The maximum atomic E-state index is 14.2. The van der Waals surface area contributed by atoms with E-state index in [4.69, 9.17) is 14.6 Å². The van der Waals surface area contributed by atoms with Crippen LogP contribution in [0.5, 0.6) is 5.75 Å². The molecule has 0 aromatic heterocycles. The first kappa shape index (κ1) is 24.4. The summed E-state index contributed by atoms with van der Waals surface area (Å²) >= 11 is 0. The van der Waals surface area contributed by atoms with Crippen molar-refractivity contribution in [1.29, 1.82) is 0 Å². The van der Waals surface area contributed by atoms with Crippen molar-refractivity contribution in [3.8, 4) is 5.75 Å². The van der Waals surface area contributed by atoms with Crippen LogP contribution in [0.15, 0.2) is 12.1 Å². The number of likely N-dealkylation sites (tertiary alicyclic amines) is 1. The van der Waals surface area contributed by atoms with Gasteiger partial charge in [0, 0.05) is 25.8 Å². The van der Waals surface area contributed by atoms with Crippen molar-refractivity contribution >= 4 is 6.09 Å². The minimum atomic E-state index is -0.555. The number of halogens is 2. The van der Waals surface area contributed by atoms with Gasteiger partial charge in [0.2, 0.25) is 0 Å². The highest BCUT2D eigenvalue weighted by Gasteiger charge is 2.26. The summed E-state index contributed by atoms with van der Waals surface area (Å²) in [5, 5.41) is 8.79. The number of aryl methyl sites for hydroxylation is 1. The highest BCUT2D eigenvalue weighted by molar-refractivity contribution is 5.68. The van der Waals surface area contributed by atoms with E-state index in [9.17, 15) is 13.6 Å². The van der Waals surface area contributed by atoms with E-state index < -0.39 is 17.2 Å². The summed E-state index contributed by atoms with van der Waals surface area (Å²) in [6.45, 7) is 7.31. The van der Waals surface area contributed by atoms with Crippen LogP contribution >= 0.6 is 0 Å². The van der Waals surface area contributed by atoms with Crippen molar-refractivity contribution < 1.29 is 28.2 Å². The number of piperidine rings is 1. The number of nitrogens with zero attached hydrogens (tertiary/aromatic N) is 1. The van der Waals surface area contributed by atoms with Gasteiger partial charge >= 0.3 is 6.09 Å². The van der Waals surface area contributed by atoms with Gasteiger partial charge in [-0.15, -0.1) is 0 Å². The number of aliphatic hydroxyl groups excluding tert-OH is 1. The molecule has 1 aromatic carbocycles. The van der Waals surface area contributed by atoms with E-state index in [2.05, 4.69) is 0 Å². The highest BCUT2D eigenvalue weighted by atomic mass is 19.1. The Morgan fingerprint density at radius 2 is 1.83 bits per heavy atom. The molecule has 2 rings (SSSR count). The number of carbonyl (C=O) groups is 1. The molecule has 7 heteroatoms. The van der Waals surface area contributed by atoms with Gasteiger partial charge in [0.05, 0.1) is 6.61 Å². The molecule has 170 valence electrons. The zero-order valence-corrected chi connectivity index (χ0v) is 18.4. The summed E-state index contributed by atoms with van der Waals surface area (Å²) in [4.78, 5) is 13.8. The van der Waals surface area contributed by atoms with Gasteiger partial charge in [-0.1, -0.05) is 0 Å². The standard InChI is InChI=1S/C23H35F2NO4/c1-23(2,3)30-22(28)26-11-9-17(10-12-26)7-6-14-29-21-16-19(24)18(15-20(21)25)8-4-5-13-27/h15-17,27H,4-14H2,1-3H3. The Kier molecular flexibility index (Phi) is 9.34. The number of hydrogen-bond donors (Lipinski definition) is 1. The quantitative estimate of drug-likeness (QED) is 0.558. The van der Waals surface area contributed by atoms with Crippen LogP contribution in [0.25, 0.3) is 0 Å². The van der Waals surface area contributed by atoms with Crippen molar-refractivity contribution in [1.82, 2.24) is 4.90 Å². The largest absolute Gasteiger partial charge is 0.490 e. The van der Waals surface area contributed by atoms with Crippen LogP contribution < -0.4 is 4.74 Å². The van der Waals surface area contributed by atoms with Gasteiger partial charge in [0.15, 0.2) is 11.6 Å². The van der Waals surface area contributed by atoms with Gasteiger partial charge in [-0.05, 0) is 83.3 Å². The van der Waals surface area contributed by atoms with Gasteiger partial charge in [0.25, 0.3) is 0 Å². The lowest BCUT2D eigenvalue weighted by Gasteiger charge is -2.33. The van der Waals surface area contributed by atoms with E-state index >= 15 is 0 Å². The third-order valence-electron chi connectivity index (χ3n) is 5.24. The molecule has 0 saturated carbocycles. The second-order valence-electron chi connectivity index (χ2n) is 8.96. The number of unbranched alkanes of at least 4 members (excludes halogenated alkanes) is 1. The lowest BCUT2D eigenvalue weighted by molar-refractivity contribution is 0.0179. The van der Waals surface area contributed by atoms with Gasteiger partial charge in [0.1, 0.15) is 11.4 Å². The number of rotatable bonds is 9. The Labute approximate surface area is 178 Å². The molecular formula is C23H35F2NO4.